The van der Waals surface area contributed by atoms with Crippen LogP contribution < -0.4 is 5.32 Å². The molecule has 1 aromatic rings. The molecule has 2 rings (SSSR count). The molecule has 0 unspecified atom stereocenters. The van der Waals surface area contributed by atoms with E-state index in [-0.39, 0.29) is 11.1 Å². The van der Waals surface area contributed by atoms with Crippen LogP contribution in [-0.2, 0) is 0 Å². The lowest BCUT2D eigenvalue weighted by molar-refractivity contribution is 0.437. The average molecular weight is 274 g/mol. The van der Waals surface area contributed by atoms with Crippen molar-refractivity contribution in [3.8, 4) is 0 Å². The lowest BCUT2D eigenvalue weighted by Gasteiger charge is -2.27. The number of amidine groups is 1. The summed E-state index contributed by atoms with van der Waals surface area (Å²) in [7, 11) is 0. The highest BCUT2D eigenvalue weighted by Gasteiger charge is 2.24. The Morgan fingerprint density at radius 2 is 1.94 bits per heavy atom. The molecule has 1 aliphatic rings. The molecule has 0 fully saturated rings. The van der Waals surface area contributed by atoms with Crippen LogP contribution in [0.3, 0.4) is 0 Å². The van der Waals surface area contributed by atoms with E-state index in [1.165, 1.54) is 11.8 Å². The van der Waals surface area contributed by atoms with Crippen molar-refractivity contribution >= 4 is 22.6 Å². The summed E-state index contributed by atoms with van der Waals surface area (Å²) in [5, 5.41) is 3.21. The van der Waals surface area contributed by atoms with E-state index >= 15 is 0 Å². The van der Waals surface area contributed by atoms with Gasteiger partial charge in [0.05, 0.1) is 5.69 Å². The second-order valence-corrected chi connectivity index (χ2v) is 5.89. The van der Waals surface area contributed by atoms with Crippen molar-refractivity contribution < 1.29 is 13.2 Å². The number of nitrogens with zero attached hydrogens (tertiary/aromatic N) is 1. The van der Waals surface area contributed by atoms with Crippen molar-refractivity contribution in [3.05, 3.63) is 29.6 Å². The average Bonchev–Trinajstić information content (AvgIpc) is 2.32. The first-order chi connectivity index (χ1) is 8.39. The maximum Gasteiger partial charge on any atom is 0.196 e. The molecular weight excluding hydrogens is 261 g/mol. The highest BCUT2D eigenvalue weighted by atomic mass is 32.2. The van der Waals surface area contributed by atoms with Gasteiger partial charge in [0.25, 0.3) is 0 Å². The van der Waals surface area contributed by atoms with E-state index in [9.17, 15) is 13.2 Å². The molecule has 1 aliphatic heterocycles. The van der Waals surface area contributed by atoms with Crippen LogP contribution in [-0.4, -0.2) is 17.5 Å². The summed E-state index contributed by atoms with van der Waals surface area (Å²) in [6.07, 6.45) is 0. The molecule has 1 N–H and O–H groups in total. The van der Waals surface area contributed by atoms with Gasteiger partial charge in [-0.3, -0.25) is 4.99 Å². The zero-order valence-corrected chi connectivity index (χ0v) is 10.9. The molecular formula is C12H13F3N2S. The quantitative estimate of drug-likeness (QED) is 0.791. The van der Waals surface area contributed by atoms with Crippen LogP contribution in [0.15, 0.2) is 17.1 Å². The van der Waals surface area contributed by atoms with E-state index in [4.69, 9.17) is 0 Å². The van der Waals surface area contributed by atoms with E-state index in [2.05, 4.69) is 24.2 Å². The molecule has 0 aliphatic carbocycles. The van der Waals surface area contributed by atoms with Gasteiger partial charge in [-0.2, -0.15) is 0 Å². The molecule has 2 nitrogen and oxygen atoms in total. The summed E-state index contributed by atoms with van der Waals surface area (Å²) in [6.45, 7) is 4.78. The fraction of sp³-hybridized carbons (Fsp3) is 0.417. The second kappa shape index (κ2) is 4.84. The van der Waals surface area contributed by atoms with Crippen molar-refractivity contribution in [3.63, 3.8) is 0 Å². The summed E-state index contributed by atoms with van der Waals surface area (Å²) >= 11 is 1.44. The maximum absolute atomic E-state index is 13.4. The van der Waals surface area contributed by atoms with Crippen molar-refractivity contribution in [2.75, 3.05) is 17.6 Å². The Labute approximate surface area is 108 Å². The predicted octanol–water partition coefficient (Wildman–Crippen LogP) is 3.64. The first-order valence-corrected chi connectivity index (χ1v) is 6.45. The summed E-state index contributed by atoms with van der Waals surface area (Å²) in [4.78, 5) is 4.26. The van der Waals surface area contributed by atoms with E-state index in [1.807, 2.05) is 0 Å². The standard InChI is InChI=1S/C12H13F3N2S/c1-12(2)5-16-11(18-6-12)17-8-4-3-7(13)9(14)10(8)15/h3-4H,5-6H2,1-2H3,(H,16,17). The summed E-state index contributed by atoms with van der Waals surface area (Å²) in [5.41, 5.74) is 0.00228. The third-order valence-electron chi connectivity index (χ3n) is 2.53. The molecule has 0 amide bonds. The van der Waals surface area contributed by atoms with Gasteiger partial charge in [0.2, 0.25) is 0 Å². The van der Waals surface area contributed by atoms with Crippen molar-refractivity contribution in [2.24, 2.45) is 10.4 Å². The Balaban J connectivity index is 2.16. The van der Waals surface area contributed by atoms with E-state index in [0.717, 1.165) is 17.9 Å². The third-order valence-corrected chi connectivity index (χ3v) is 3.96. The molecule has 18 heavy (non-hydrogen) atoms. The van der Waals surface area contributed by atoms with Crippen molar-refractivity contribution in [2.45, 2.75) is 13.8 Å². The van der Waals surface area contributed by atoms with Gasteiger partial charge in [-0.15, -0.1) is 0 Å². The molecule has 0 radical (unpaired) electrons. The molecule has 0 saturated carbocycles. The Kier molecular flexibility index (Phi) is 3.56. The minimum atomic E-state index is -1.47. The predicted molar refractivity (Wildman–Crippen MR) is 68.5 cm³/mol. The molecule has 1 heterocycles. The Morgan fingerprint density at radius 1 is 1.22 bits per heavy atom. The minimum Gasteiger partial charge on any atom is -0.333 e. The summed E-state index contributed by atoms with van der Waals surface area (Å²) < 4.78 is 39.2. The molecule has 0 atom stereocenters. The van der Waals surface area contributed by atoms with Gasteiger partial charge >= 0.3 is 0 Å². The number of halogens is 3. The third kappa shape index (κ3) is 2.80. The fourth-order valence-electron chi connectivity index (χ4n) is 1.45. The number of hydrogen-bond acceptors (Lipinski definition) is 3. The van der Waals surface area contributed by atoms with E-state index in [1.54, 1.807) is 0 Å². The minimum absolute atomic E-state index is 0.0974. The highest BCUT2D eigenvalue weighted by molar-refractivity contribution is 8.14. The number of anilines is 1. The van der Waals surface area contributed by atoms with Crippen LogP contribution in [0.25, 0.3) is 0 Å². The Morgan fingerprint density at radius 3 is 2.56 bits per heavy atom. The number of thioether (sulfide) groups is 1. The summed E-state index contributed by atoms with van der Waals surface area (Å²) in [5.74, 6) is -3.05. The SMILES string of the molecule is CC1(C)CN=C(Nc2ccc(F)c(F)c2F)SC1. The van der Waals surface area contributed by atoms with Gasteiger partial charge in [-0.05, 0) is 17.5 Å². The smallest absolute Gasteiger partial charge is 0.196 e. The second-order valence-electron chi connectivity index (χ2n) is 4.92. The van der Waals surface area contributed by atoms with Crippen LogP contribution in [0.5, 0.6) is 0 Å². The van der Waals surface area contributed by atoms with Gasteiger partial charge in [-0.25, -0.2) is 13.2 Å². The zero-order valence-electron chi connectivity index (χ0n) is 10.1. The van der Waals surface area contributed by atoms with Crippen LogP contribution in [0.1, 0.15) is 13.8 Å². The molecule has 1 aromatic carbocycles. The van der Waals surface area contributed by atoms with Gasteiger partial charge in [0.15, 0.2) is 22.6 Å². The van der Waals surface area contributed by atoms with Crippen molar-refractivity contribution in [1.82, 2.24) is 0 Å². The fourth-order valence-corrected chi connectivity index (χ4v) is 2.41. The number of nitrogens with one attached hydrogen (secondary N) is 1. The monoisotopic (exact) mass is 274 g/mol. The number of aliphatic imine (C=N–C) groups is 1. The highest BCUT2D eigenvalue weighted by Crippen LogP contribution is 2.29. The van der Waals surface area contributed by atoms with E-state index in [0.29, 0.717) is 11.7 Å². The number of benzene rings is 1. The first kappa shape index (κ1) is 13.3. The normalized spacial score (nSPS) is 18.4. The van der Waals surface area contributed by atoms with Gasteiger partial charge in [0.1, 0.15) is 0 Å². The molecule has 98 valence electrons. The van der Waals surface area contributed by atoms with Crippen molar-refractivity contribution in [1.29, 1.82) is 0 Å². The number of rotatable bonds is 1. The van der Waals surface area contributed by atoms with E-state index < -0.39 is 17.5 Å². The Bertz CT molecular complexity index is 500. The van der Waals surface area contributed by atoms with Crippen LogP contribution in [0, 0.1) is 22.9 Å². The van der Waals surface area contributed by atoms with Gasteiger partial charge in [0, 0.05) is 12.3 Å². The van der Waals surface area contributed by atoms with Crippen LogP contribution >= 0.6 is 11.8 Å². The lowest BCUT2D eigenvalue weighted by Crippen LogP contribution is -2.27. The van der Waals surface area contributed by atoms with Crippen LogP contribution in [0.4, 0.5) is 18.9 Å². The molecule has 0 aromatic heterocycles. The molecule has 0 spiro atoms. The van der Waals surface area contributed by atoms with Gasteiger partial charge < -0.3 is 5.32 Å². The largest absolute Gasteiger partial charge is 0.333 e. The zero-order chi connectivity index (χ0) is 13.3. The Hall–Kier alpha value is -1.17. The molecule has 0 bridgehead atoms. The molecule has 6 heteroatoms. The summed E-state index contributed by atoms with van der Waals surface area (Å²) in [6, 6.07) is 2.05. The first-order valence-electron chi connectivity index (χ1n) is 5.47. The molecule has 0 saturated heterocycles. The van der Waals surface area contributed by atoms with Crippen LogP contribution in [0.2, 0.25) is 0 Å². The topological polar surface area (TPSA) is 24.4 Å². The van der Waals surface area contributed by atoms with Gasteiger partial charge in [-0.1, -0.05) is 25.6 Å². The maximum atomic E-state index is 13.4. The lowest BCUT2D eigenvalue weighted by atomic mass is 9.97. The number of hydrogen-bond donors (Lipinski definition) is 1.